The lowest BCUT2D eigenvalue weighted by molar-refractivity contribution is 0.662. The van der Waals surface area contributed by atoms with E-state index in [2.05, 4.69) is 15.0 Å². The largest absolute Gasteiger partial charge is 0.382 e. The lowest BCUT2D eigenvalue weighted by atomic mass is 10.2. The number of unbranched alkanes of at least 4 members (excludes halogenated alkanes) is 1. The molecule has 0 aliphatic carbocycles. The molecule has 132 valence electrons. The third-order valence-corrected chi connectivity index (χ3v) is 5.53. The summed E-state index contributed by atoms with van der Waals surface area (Å²) >= 11 is 0. The van der Waals surface area contributed by atoms with Crippen molar-refractivity contribution in [2.45, 2.75) is 31.5 Å². The monoisotopic (exact) mass is 360 g/mol. The highest BCUT2D eigenvalue weighted by molar-refractivity contribution is 7.92. The number of nitrogens with zero attached hydrogens (tertiary/aromatic N) is 3. The second-order valence-corrected chi connectivity index (χ2v) is 7.95. The lowest BCUT2D eigenvalue weighted by Crippen LogP contribution is -2.18. The van der Waals surface area contributed by atoms with Crippen LogP contribution in [0.5, 0.6) is 0 Å². The maximum atomic E-state index is 12.6. The average molecular weight is 360 g/mol. The van der Waals surface area contributed by atoms with Gasteiger partial charge in [0.05, 0.1) is 6.54 Å². The zero-order valence-electron chi connectivity index (χ0n) is 13.9. The molecule has 2 aromatic heterocycles. The Balaban J connectivity index is 2.13. The normalized spacial score (nSPS) is 13.8. The van der Waals surface area contributed by atoms with Crippen LogP contribution in [0.4, 0.5) is 5.82 Å². The molecule has 4 N–H and O–H groups in total. The van der Waals surface area contributed by atoms with E-state index in [0.717, 1.165) is 12.0 Å². The summed E-state index contributed by atoms with van der Waals surface area (Å²) in [7, 11) is -3.15. The van der Waals surface area contributed by atoms with Crippen LogP contribution in [0.1, 0.15) is 25.3 Å². The molecule has 0 aliphatic rings. The van der Waals surface area contributed by atoms with Crippen molar-refractivity contribution >= 4 is 26.7 Å². The molecule has 3 aromatic rings. The minimum atomic E-state index is -3.15. The molecule has 0 amide bonds. The van der Waals surface area contributed by atoms with Gasteiger partial charge in [0.1, 0.15) is 15.2 Å². The molecular weight excluding hydrogens is 340 g/mol. The first-order chi connectivity index (χ1) is 11.9. The lowest BCUT2D eigenvalue weighted by Gasteiger charge is -2.08. The van der Waals surface area contributed by atoms with Crippen LogP contribution in [0.15, 0.2) is 40.3 Å². The number of aromatic nitrogens is 4. The topological polar surface area (TPSA) is 131 Å². The fraction of sp³-hybridized carbons (Fsp3) is 0.312. The van der Waals surface area contributed by atoms with Gasteiger partial charge in [0.2, 0.25) is 5.16 Å². The van der Waals surface area contributed by atoms with Gasteiger partial charge < -0.3 is 10.7 Å². The molecule has 0 aliphatic heterocycles. The van der Waals surface area contributed by atoms with E-state index in [-0.39, 0.29) is 28.1 Å². The van der Waals surface area contributed by atoms with Crippen molar-refractivity contribution in [3.8, 4) is 0 Å². The number of nitrogens with one attached hydrogen (secondary N) is 2. The fourth-order valence-electron chi connectivity index (χ4n) is 2.53. The molecule has 8 nitrogen and oxygen atoms in total. The van der Waals surface area contributed by atoms with E-state index >= 15 is 0 Å². The Morgan fingerprint density at radius 1 is 1.28 bits per heavy atom. The Kier molecular flexibility index (Phi) is 4.58. The zero-order valence-corrected chi connectivity index (χ0v) is 14.7. The molecule has 0 bridgehead atoms. The van der Waals surface area contributed by atoms with Crippen molar-refractivity contribution in [2.75, 3.05) is 11.5 Å². The highest BCUT2D eigenvalue weighted by Crippen LogP contribution is 2.19. The van der Waals surface area contributed by atoms with Crippen LogP contribution in [0.3, 0.4) is 0 Å². The third-order valence-electron chi connectivity index (χ3n) is 3.89. The summed E-state index contributed by atoms with van der Waals surface area (Å²) in [5.41, 5.74) is 7.03. The summed E-state index contributed by atoms with van der Waals surface area (Å²) in [6, 6.07) is 9.44. The van der Waals surface area contributed by atoms with Crippen molar-refractivity contribution < 1.29 is 4.21 Å². The summed E-state index contributed by atoms with van der Waals surface area (Å²) in [5, 5.41) is -0.119. The van der Waals surface area contributed by atoms with Gasteiger partial charge in [0, 0.05) is 5.75 Å². The van der Waals surface area contributed by atoms with Gasteiger partial charge >= 0.3 is 5.69 Å². The van der Waals surface area contributed by atoms with Crippen LogP contribution in [-0.2, 0) is 16.3 Å². The van der Waals surface area contributed by atoms with Crippen LogP contribution in [0.2, 0.25) is 0 Å². The number of aromatic amines is 1. The standard InChI is InChI=1S/C16H20N6O2S/c1-2-3-9-25(18,24)15-20-13(17)12-14(21-15)22(16(23)19-12)10-11-7-5-4-6-8-11/h4-8,18H,2-3,9-10H2,1H3,(H,19,23)(H2,17,20,21). The molecule has 25 heavy (non-hydrogen) atoms. The second-order valence-electron chi connectivity index (χ2n) is 5.82. The molecule has 0 saturated heterocycles. The van der Waals surface area contributed by atoms with E-state index in [1.165, 1.54) is 4.57 Å². The Morgan fingerprint density at radius 3 is 2.68 bits per heavy atom. The summed E-state index contributed by atoms with van der Waals surface area (Å²) in [5.74, 6) is 0.197. The van der Waals surface area contributed by atoms with E-state index in [9.17, 15) is 9.00 Å². The second kappa shape index (κ2) is 6.67. The van der Waals surface area contributed by atoms with Crippen LogP contribution in [0.25, 0.3) is 11.2 Å². The average Bonchev–Trinajstić information content (AvgIpc) is 2.91. The molecule has 0 radical (unpaired) electrons. The number of benzene rings is 1. The summed E-state index contributed by atoms with van der Waals surface area (Å²) in [6.07, 6.45) is 1.45. The van der Waals surface area contributed by atoms with Crippen LogP contribution in [0, 0.1) is 4.78 Å². The number of hydrogen-bond donors (Lipinski definition) is 3. The van der Waals surface area contributed by atoms with Gasteiger partial charge in [0.25, 0.3) is 0 Å². The first-order valence-electron chi connectivity index (χ1n) is 7.99. The number of H-pyrrole nitrogens is 1. The Morgan fingerprint density at radius 2 is 2.00 bits per heavy atom. The molecule has 9 heteroatoms. The number of anilines is 1. The summed E-state index contributed by atoms with van der Waals surface area (Å²) in [6.45, 7) is 2.25. The molecular formula is C16H20N6O2S. The minimum Gasteiger partial charge on any atom is -0.382 e. The number of imidazole rings is 1. The molecule has 0 fully saturated rings. The number of fused-ring (bicyclic) bond motifs is 1. The first-order valence-corrected chi connectivity index (χ1v) is 9.71. The predicted molar refractivity (Wildman–Crippen MR) is 97.0 cm³/mol. The molecule has 0 saturated carbocycles. The maximum Gasteiger partial charge on any atom is 0.328 e. The Bertz CT molecular complexity index is 1050. The van der Waals surface area contributed by atoms with Gasteiger partial charge in [-0.25, -0.2) is 18.8 Å². The van der Waals surface area contributed by atoms with E-state index in [0.29, 0.717) is 18.5 Å². The fourth-order valence-corrected chi connectivity index (χ4v) is 3.89. The summed E-state index contributed by atoms with van der Waals surface area (Å²) < 4.78 is 22.1. The van der Waals surface area contributed by atoms with Crippen molar-refractivity contribution in [1.29, 1.82) is 4.78 Å². The van der Waals surface area contributed by atoms with Crippen molar-refractivity contribution in [1.82, 2.24) is 19.5 Å². The van der Waals surface area contributed by atoms with Crippen molar-refractivity contribution in [3.63, 3.8) is 0 Å². The molecule has 0 spiro atoms. The minimum absolute atomic E-state index is 0.0281. The Hall–Kier alpha value is -2.68. The highest BCUT2D eigenvalue weighted by Gasteiger charge is 2.19. The van der Waals surface area contributed by atoms with E-state index in [1.807, 2.05) is 37.3 Å². The van der Waals surface area contributed by atoms with Gasteiger partial charge in [-0.3, -0.25) is 4.57 Å². The first kappa shape index (κ1) is 17.2. The smallest absolute Gasteiger partial charge is 0.328 e. The quantitative estimate of drug-likeness (QED) is 0.578. The number of rotatable bonds is 6. The molecule has 3 rings (SSSR count). The molecule has 1 unspecified atom stereocenters. The van der Waals surface area contributed by atoms with E-state index in [1.54, 1.807) is 0 Å². The number of nitrogens with two attached hydrogens (primary N) is 1. The number of nitrogen functional groups attached to an aromatic ring is 1. The van der Waals surface area contributed by atoms with Gasteiger partial charge in [-0.1, -0.05) is 43.7 Å². The predicted octanol–water partition coefficient (Wildman–Crippen LogP) is 1.96. The van der Waals surface area contributed by atoms with Crippen LogP contribution < -0.4 is 11.4 Å². The van der Waals surface area contributed by atoms with E-state index < -0.39 is 9.73 Å². The molecule has 1 aromatic carbocycles. The number of hydrogen-bond acceptors (Lipinski definition) is 6. The van der Waals surface area contributed by atoms with Gasteiger partial charge in [-0.2, -0.15) is 4.98 Å². The molecule has 1 atom stereocenters. The Labute approximate surface area is 145 Å². The van der Waals surface area contributed by atoms with Crippen molar-refractivity contribution in [3.05, 3.63) is 46.4 Å². The van der Waals surface area contributed by atoms with Gasteiger partial charge in [-0.05, 0) is 12.0 Å². The third kappa shape index (κ3) is 3.41. The van der Waals surface area contributed by atoms with Crippen LogP contribution >= 0.6 is 0 Å². The van der Waals surface area contributed by atoms with Crippen molar-refractivity contribution in [2.24, 2.45) is 0 Å². The van der Waals surface area contributed by atoms with E-state index in [4.69, 9.17) is 10.5 Å². The summed E-state index contributed by atoms with van der Waals surface area (Å²) in [4.78, 5) is 23.2. The van der Waals surface area contributed by atoms with Gasteiger partial charge in [0.15, 0.2) is 11.5 Å². The highest BCUT2D eigenvalue weighted by atomic mass is 32.2. The zero-order chi connectivity index (χ0) is 18.0. The maximum absolute atomic E-state index is 12.6. The molecule has 2 heterocycles. The van der Waals surface area contributed by atoms with Gasteiger partial charge in [-0.15, -0.1) is 0 Å². The SMILES string of the molecule is CCCCS(=N)(=O)c1nc(N)c2[nH]c(=O)n(Cc3ccccc3)c2n1. The van der Waals surface area contributed by atoms with Crippen LogP contribution in [-0.4, -0.2) is 29.5 Å².